The number of halogens is 2. The lowest BCUT2D eigenvalue weighted by atomic mass is 10.1. The van der Waals surface area contributed by atoms with Crippen molar-refractivity contribution in [1.82, 2.24) is 0 Å². The molecule has 7 heteroatoms. The van der Waals surface area contributed by atoms with E-state index in [0.29, 0.717) is 41.0 Å². The summed E-state index contributed by atoms with van der Waals surface area (Å²) in [7, 11) is 0. The average Bonchev–Trinajstić information content (AvgIpc) is 2.65. The highest BCUT2D eigenvalue weighted by molar-refractivity contribution is 6.44. The molecule has 2 aromatic rings. The molecule has 0 radical (unpaired) electrons. The molecule has 0 aromatic heterocycles. The Bertz CT molecular complexity index is 905. The zero-order valence-electron chi connectivity index (χ0n) is 14.9. The Labute approximate surface area is 168 Å². The number of benzene rings is 2. The van der Waals surface area contributed by atoms with Gasteiger partial charge >= 0.3 is 0 Å². The van der Waals surface area contributed by atoms with Crippen LogP contribution in [0.3, 0.4) is 0 Å². The van der Waals surface area contributed by atoms with Gasteiger partial charge in [0.15, 0.2) is 11.5 Å². The van der Waals surface area contributed by atoms with Gasteiger partial charge in [0, 0.05) is 0 Å². The summed E-state index contributed by atoms with van der Waals surface area (Å²) >= 11 is 12.0. The Balaban J connectivity index is 2.29. The van der Waals surface area contributed by atoms with Crippen molar-refractivity contribution < 1.29 is 14.3 Å². The minimum Gasteiger partial charge on any atom is -0.490 e. The van der Waals surface area contributed by atoms with Crippen molar-refractivity contribution in [2.75, 3.05) is 18.5 Å². The van der Waals surface area contributed by atoms with E-state index in [1.165, 1.54) is 6.08 Å². The Kier molecular flexibility index (Phi) is 7.54. The van der Waals surface area contributed by atoms with Gasteiger partial charge in [0.2, 0.25) is 0 Å². The van der Waals surface area contributed by atoms with Gasteiger partial charge in [-0.05, 0) is 49.8 Å². The smallest absolute Gasteiger partial charge is 0.266 e. The zero-order chi connectivity index (χ0) is 19.8. The minimum absolute atomic E-state index is 0.0855. The summed E-state index contributed by atoms with van der Waals surface area (Å²) in [5, 5.41) is 12.5. The van der Waals surface area contributed by atoms with Crippen LogP contribution in [-0.2, 0) is 4.79 Å². The fourth-order valence-electron chi connectivity index (χ4n) is 2.26. The van der Waals surface area contributed by atoms with E-state index >= 15 is 0 Å². The number of ether oxygens (including phenoxy) is 2. The highest BCUT2D eigenvalue weighted by Crippen LogP contribution is 2.31. The molecule has 27 heavy (non-hydrogen) atoms. The zero-order valence-corrected chi connectivity index (χ0v) is 16.4. The SMILES string of the molecule is CCOc1ccc(C=C(C#N)C(=O)Nc2cccc(Cl)c2Cl)cc1OCC. The molecule has 0 fully saturated rings. The molecule has 140 valence electrons. The van der Waals surface area contributed by atoms with Gasteiger partial charge in [0.05, 0.1) is 28.9 Å². The normalized spacial score (nSPS) is 10.9. The molecule has 5 nitrogen and oxygen atoms in total. The summed E-state index contributed by atoms with van der Waals surface area (Å²) in [5.41, 5.74) is 0.875. The van der Waals surface area contributed by atoms with Crippen molar-refractivity contribution in [3.05, 3.63) is 57.6 Å². The van der Waals surface area contributed by atoms with Crippen LogP contribution < -0.4 is 14.8 Å². The van der Waals surface area contributed by atoms with E-state index in [9.17, 15) is 10.1 Å². The largest absolute Gasteiger partial charge is 0.490 e. The highest BCUT2D eigenvalue weighted by Gasteiger charge is 2.13. The first-order chi connectivity index (χ1) is 13.0. The van der Waals surface area contributed by atoms with Crippen LogP contribution in [0, 0.1) is 11.3 Å². The molecule has 0 saturated heterocycles. The molecule has 0 bridgehead atoms. The Morgan fingerprint density at radius 3 is 2.52 bits per heavy atom. The summed E-state index contributed by atoms with van der Waals surface area (Å²) in [6, 6.07) is 12.0. The third kappa shape index (κ3) is 5.40. The number of nitriles is 1. The van der Waals surface area contributed by atoms with Crippen molar-refractivity contribution in [2.24, 2.45) is 0 Å². The number of amides is 1. The molecule has 0 saturated carbocycles. The molecule has 2 aromatic carbocycles. The predicted molar refractivity (Wildman–Crippen MR) is 107 cm³/mol. The lowest BCUT2D eigenvalue weighted by Crippen LogP contribution is -2.13. The molecule has 2 rings (SSSR count). The van der Waals surface area contributed by atoms with Gasteiger partial charge in [-0.25, -0.2) is 0 Å². The number of hydrogen-bond donors (Lipinski definition) is 1. The van der Waals surface area contributed by atoms with Gasteiger partial charge in [-0.3, -0.25) is 4.79 Å². The summed E-state index contributed by atoms with van der Waals surface area (Å²) < 4.78 is 11.1. The maximum absolute atomic E-state index is 12.4. The molecular formula is C20H18Cl2N2O3. The van der Waals surface area contributed by atoms with Crippen molar-refractivity contribution in [3.63, 3.8) is 0 Å². The van der Waals surface area contributed by atoms with Gasteiger partial charge in [0.1, 0.15) is 11.6 Å². The average molecular weight is 405 g/mol. The number of carbonyl (C=O) groups is 1. The molecular weight excluding hydrogens is 387 g/mol. The monoisotopic (exact) mass is 404 g/mol. The van der Waals surface area contributed by atoms with Crippen LogP contribution in [0.25, 0.3) is 6.08 Å². The van der Waals surface area contributed by atoms with Crippen molar-refractivity contribution in [3.8, 4) is 17.6 Å². The summed E-state index contributed by atoms with van der Waals surface area (Å²) in [4.78, 5) is 12.4. The summed E-state index contributed by atoms with van der Waals surface area (Å²) in [5.74, 6) is 0.558. The Hall–Kier alpha value is -2.68. The van der Waals surface area contributed by atoms with Gasteiger partial charge < -0.3 is 14.8 Å². The standard InChI is InChI=1S/C20H18Cl2N2O3/c1-3-26-17-9-8-13(11-18(17)27-4-2)10-14(12-23)20(25)24-16-7-5-6-15(21)19(16)22/h5-11H,3-4H2,1-2H3,(H,24,25). The van der Waals surface area contributed by atoms with E-state index in [-0.39, 0.29) is 10.6 Å². The Morgan fingerprint density at radius 2 is 1.85 bits per heavy atom. The molecule has 1 N–H and O–H groups in total. The number of carbonyl (C=O) groups excluding carboxylic acids is 1. The maximum Gasteiger partial charge on any atom is 0.266 e. The number of nitrogens with one attached hydrogen (secondary N) is 1. The lowest BCUT2D eigenvalue weighted by Gasteiger charge is -2.11. The molecule has 1 amide bonds. The minimum atomic E-state index is -0.589. The van der Waals surface area contributed by atoms with E-state index in [4.69, 9.17) is 32.7 Å². The molecule has 0 aliphatic heterocycles. The summed E-state index contributed by atoms with van der Waals surface area (Å²) in [6.45, 7) is 4.71. The van der Waals surface area contributed by atoms with Crippen molar-refractivity contribution in [2.45, 2.75) is 13.8 Å². The first kappa shape index (κ1) is 20.6. The van der Waals surface area contributed by atoms with E-state index in [2.05, 4.69) is 5.32 Å². The van der Waals surface area contributed by atoms with E-state index in [0.717, 1.165) is 0 Å². The fraction of sp³-hybridized carbons (Fsp3) is 0.200. The summed E-state index contributed by atoms with van der Waals surface area (Å²) in [6.07, 6.45) is 1.46. The number of anilines is 1. The predicted octanol–water partition coefficient (Wildman–Crippen LogP) is 5.34. The second kappa shape index (κ2) is 9.86. The van der Waals surface area contributed by atoms with Gasteiger partial charge in [-0.15, -0.1) is 0 Å². The fourth-order valence-corrected chi connectivity index (χ4v) is 2.61. The van der Waals surface area contributed by atoms with Crippen LogP contribution in [-0.4, -0.2) is 19.1 Å². The molecule has 0 aliphatic carbocycles. The van der Waals surface area contributed by atoms with Gasteiger partial charge in [0.25, 0.3) is 5.91 Å². The molecule has 0 unspecified atom stereocenters. The number of rotatable bonds is 7. The first-order valence-corrected chi connectivity index (χ1v) is 9.02. The van der Waals surface area contributed by atoms with Crippen molar-refractivity contribution in [1.29, 1.82) is 5.26 Å². The van der Waals surface area contributed by atoms with Crippen LogP contribution in [0.5, 0.6) is 11.5 Å². The van der Waals surface area contributed by atoms with E-state index < -0.39 is 5.91 Å². The van der Waals surface area contributed by atoms with Crippen molar-refractivity contribution >= 4 is 40.9 Å². The highest BCUT2D eigenvalue weighted by atomic mass is 35.5. The number of nitrogens with zero attached hydrogens (tertiary/aromatic N) is 1. The third-order valence-electron chi connectivity index (χ3n) is 3.44. The lowest BCUT2D eigenvalue weighted by molar-refractivity contribution is -0.112. The topological polar surface area (TPSA) is 71.3 Å². The second-order valence-corrected chi connectivity index (χ2v) is 6.08. The molecule has 0 aliphatic rings. The Morgan fingerprint density at radius 1 is 1.15 bits per heavy atom. The van der Waals surface area contributed by atoms with E-state index in [1.807, 2.05) is 19.9 Å². The first-order valence-electron chi connectivity index (χ1n) is 8.26. The van der Waals surface area contributed by atoms with Gasteiger partial charge in [-0.1, -0.05) is 35.3 Å². The maximum atomic E-state index is 12.4. The third-order valence-corrected chi connectivity index (χ3v) is 4.26. The molecule has 0 spiro atoms. The van der Waals surface area contributed by atoms with Gasteiger partial charge in [-0.2, -0.15) is 5.26 Å². The quantitative estimate of drug-likeness (QED) is 0.499. The molecule has 0 atom stereocenters. The van der Waals surface area contributed by atoms with Crippen LogP contribution in [0.2, 0.25) is 10.0 Å². The van der Waals surface area contributed by atoms with Crippen LogP contribution in [0.1, 0.15) is 19.4 Å². The molecule has 0 heterocycles. The number of hydrogen-bond acceptors (Lipinski definition) is 4. The van der Waals surface area contributed by atoms with Crippen LogP contribution in [0.4, 0.5) is 5.69 Å². The second-order valence-electron chi connectivity index (χ2n) is 5.30. The van der Waals surface area contributed by atoms with E-state index in [1.54, 1.807) is 36.4 Å². The van der Waals surface area contributed by atoms with Crippen LogP contribution in [0.15, 0.2) is 42.0 Å². The van der Waals surface area contributed by atoms with Crippen LogP contribution >= 0.6 is 23.2 Å².